The molecule has 1 amide bonds. The smallest absolute Gasteiger partial charge is 0.244 e. The summed E-state index contributed by atoms with van der Waals surface area (Å²) < 4.78 is 1.06. The number of aromatic nitrogens is 3. The van der Waals surface area contributed by atoms with Crippen LogP contribution in [-0.2, 0) is 11.2 Å². The van der Waals surface area contributed by atoms with Crippen molar-refractivity contribution in [3.05, 3.63) is 39.0 Å². The Balaban J connectivity index is 1.66. The van der Waals surface area contributed by atoms with E-state index in [-0.39, 0.29) is 5.91 Å². The second kappa shape index (κ2) is 7.20. The third kappa shape index (κ3) is 4.96. The lowest BCUT2D eigenvalue weighted by atomic mass is 10.3. The molecule has 2 aromatic heterocycles. The lowest BCUT2D eigenvalue weighted by molar-refractivity contribution is -0.116. The summed E-state index contributed by atoms with van der Waals surface area (Å²) in [5.74, 6) is 0.760. The SMILES string of the molecule is O=C(C=Cc1ccc(Br)s1)NCCCc1ncn[nH]1. The molecule has 0 spiro atoms. The van der Waals surface area contributed by atoms with Gasteiger partial charge in [0.2, 0.25) is 5.91 Å². The van der Waals surface area contributed by atoms with Crippen molar-refractivity contribution >= 4 is 39.2 Å². The van der Waals surface area contributed by atoms with E-state index in [9.17, 15) is 4.79 Å². The van der Waals surface area contributed by atoms with Gasteiger partial charge < -0.3 is 5.32 Å². The van der Waals surface area contributed by atoms with Crippen LogP contribution in [-0.4, -0.2) is 27.6 Å². The maximum atomic E-state index is 11.5. The van der Waals surface area contributed by atoms with Gasteiger partial charge in [0.05, 0.1) is 3.79 Å². The maximum absolute atomic E-state index is 11.5. The van der Waals surface area contributed by atoms with Crippen molar-refractivity contribution in [1.82, 2.24) is 20.5 Å². The summed E-state index contributed by atoms with van der Waals surface area (Å²) in [6, 6.07) is 3.92. The fourth-order valence-corrected chi connectivity index (χ4v) is 2.78. The Bertz CT molecular complexity index is 550. The zero-order valence-corrected chi connectivity index (χ0v) is 12.5. The van der Waals surface area contributed by atoms with Crippen LogP contribution in [0.1, 0.15) is 17.1 Å². The maximum Gasteiger partial charge on any atom is 0.244 e. The number of hydrogen-bond acceptors (Lipinski definition) is 4. The largest absolute Gasteiger partial charge is 0.353 e. The summed E-state index contributed by atoms with van der Waals surface area (Å²) >= 11 is 4.97. The highest BCUT2D eigenvalue weighted by Gasteiger charge is 1.98. The third-order valence-corrected chi connectivity index (χ3v) is 3.94. The predicted octanol–water partition coefficient (Wildman–Crippen LogP) is 2.39. The Hall–Kier alpha value is -1.47. The van der Waals surface area contributed by atoms with Crippen molar-refractivity contribution in [2.24, 2.45) is 0 Å². The monoisotopic (exact) mass is 340 g/mol. The highest BCUT2D eigenvalue weighted by atomic mass is 79.9. The van der Waals surface area contributed by atoms with Gasteiger partial charge in [-0.05, 0) is 40.6 Å². The first-order valence-electron chi connectivity index (χ1n) is 5.79. The van der Waals surface area contributed by atoms with Crippen LogP contribution in [0.15, 0.2) is 28.3 Å². The molecule has 5 nitrogen and oxygen atoms in total. The molecular formula is C12H13BrN4OS. The van der Waals surface area contributed by atoms with Crippen LogP contribution in [0.4, 0.5) is 0 Å². The number of rotatable bonds is 6. The van der Waals surface area contributed by atoms with E-state index < -0.39 is 0 Å². The number of amides is 1. The van der Waals surface area contributed by atoms with E-state index in [4.69, 9.17) is 0 Å². The highest BCUT2D eigenvalue weighted by molar-refractivity contribution is 9.11. The van der Waals surface area contributed by atoms with Crippen molar-refractivity contribution in [2.45, 2.75) is 12.8 Å². The normalized spacial score (nSPS) is 11.0. The molecule has 7 heteroatoms. The van der Waals surface area contributed by atoms with Crippen LogP contribution in [0.3, 0.4) is 0 Å². The molecule has 0 aromatic carbocycles. The molecule has 2 N–H and O–H groups in total. The number of nitrogens with zero attached hydrogens (tertiary/aromatic N) is 2. The second-order valence-electron chi connectivity index (χ2n) is 3.80. The fourth-order valence-electron chi connectivity index (χ4n) is 1.45. The summed E-state index contributed by atoms with van der Waals surface area (Å²) in [4.78, 5) is 16.6. The molecule has 0 radical (unpaired) electrons. The summed E-state index contributed by atoms with van der Waals surface area (Å²) in [5.41, 5.74) is 0. The number of carbonyl (C=O) groups excluding carboxylic acids is 1. The number of thiophene rings is 1. The molecule has 0 aliphatic rings. The van der Waals surface area contributed by atoms with Crippen LogP contribution in [0.5, 0.6) is 0 Å². The van der Waals surface area contributed by atoms with Gasteiger partial charge in [-0.25, -0.2) is 4.98 Å². The topological polar surface area (TPSA) is 70.7 Å². The lowest BCUT2D eigenvalue weighted by Crippen LogP contribution is -2.22. The molecule has 0 unspecified atom stereocenters. The number of aromatic amines is 1. The highest BCUT2D eigenvalue weighted by Crippen LogP contribution is 2.22. The number of aryl methyl sites for hydroxylation is 1. The first-order valence-corrected chi connectivity index (χ1v) is 7.40. The van der Waals surface area contributed by atoms with Gasteiger partial charge in [0.25, 0.3) is 0 Å². The Kier molecular flexibility index (Phi) is 5.29. The van der Waals surface area contributed by atoms with Crippen molar-refractivity contribution < 1.29 is 4.79 Å². The summed E-state index contributed by atoms with van der Waals surface area (Å²) in [5, 5.41) is 9.37. The number of carbonyl (C=O) groups is 1. The average Bonchev–Trinajstić information content (AvgIpc) is 3.03. The standard InChI is InChI=1S/C12H13BrN4OS/c13-10-5-3-9(19-10)4-6-12(18)14-7-1-2-11-15-8-16-17-11/h3-6,8H,1-2,7H2,(H,14,18)(H,15,16,17). The molecule has 100 valence electrons. The minimum absolute atomic E-state index is 0.0814. The number of halogens is 1. The lowest BCUT2D eigenvalue weighted by Gasteiger charge is -2.00. The van der Waals surface area contributed by atoms with Gasteiger partial charge >= 0.3 is 0 Å². The number of nitrogens with one attached hydrogen (secondary N) is 2. The van der Waals surface area contributed by atoms with E-state index >= 15 is 0 Å². The molecular weight excluding hydrogens is 328 g/mol. The van der Waals surface area contributed by atoms with Gasteiger partial charge in [-0.1, -0.05) is 0 Å². The Morgan fingerprint density at radius 2 is 2.42 bits per heavy atom. The van der Waals surface area contributed by atoms with Crippen LogP contribution in [0.25, 0.3) is 6.08 Å². The minimum Gasteiger partial charge on any atom is -0.353 e. The zero-order valence-electron chi connectivity index (χ0n) is 10.1. The van der Waals surface area contributed by atoms with Gasteiger partial charge in [-0.15, -0.1) is 11.3 Å². The van der Waals surface area contributed by atoms with E-state index in [0.717, 1.165) is 27.3 Å². The molecule has 0 atom stereocenters. The van der Waals surface area contributed by atoms with Crippen LogP contribution in [0, 0.1) is 0 Å². The summed E-state index contributed by atoms with van der Waals surface area (Å²) in [7, 11) is 0. The molecule has 2 rings (SSSR count). The van der Waals surface area contributed by atoms with Crippen molar-refractivity contribution in [1.29, 1.82) is 0 Å². The summed E-state index contributed by atoms with van der Waals surface area (Å²) in [6.45, 7) is 0.623. The van der Waals surface area contributed by atoms with E-state index in [1.165, 1.54) is 6.33 Å². The van der Waals surface area contributed by atoms with Crippen molar-refractivity contribution in [3.8, 4) is 0 Å². The van der Waals surface area contributed by atoms with Crippen molar-refractivity contribution in [3.63, 3.8) is 0 Å². The first-order chi connectivity index (χ1) is 9.24. The molecule has 0 bridgehead atoms. The van der Waals surface area contributed by atoms with Crippen LogP contribution < -0.4 is 5.32 Å². The molecule has 0 aliphatic carbocycles. The molecule has 0 saturated heterocycles. The van der Waals surface area contributed by atoms with Gasteiger partial charge in [-0.3, -0.25) is 9.89 Å². The summed E-state index contributed by atoms with van der Waals surface area (Å²) in [6.07, 6.45) is 6.45. The zero-order chi connectivity index (χ0) is 13.5. The molecule has 0 fully saturated rings. The Morgan fingerprint density at radius 1 is 1.53 bits per heavy atom. The van der Waals surface area contributed by atoms with Gasteiger partial charge in [-0.2, -0.15) is 5.10 Å². The van der Waals surface area contributed by atoms with Crippen molar-refractivity contribution in [2.75, 3.05) is 6.54 Å². The predicted molar refractivity (Wildman–Crippen MR) is 78.8 cm³/mol. The molecule has 0 saturated carbocycles. The Morgan fingerprint density at radius 3 is 3.11 bits per heavy atom. The molecule has 2 heterocycles. The molecule has 2 aromatic rings. The van der Waals surface area contributed by atoms with Gasteiger partial charge in [0.15, 0.2) is 0 Å². The quantitative estimate of drug-likeness (QED) is 0.626. The van der Waals surface area contributed by atoms with Gasteiger partial charge in [0, 0.05) is 23.9 Å². The Labute approximate surface area is 123 Å². The van der Waals surface area contributed by atoms with E-state index in [1.54, 1.807) is 23.5 Å². The van der Waals surface area contributed by atoms with E-state index in [2.05, 4.69) is 36.4 Å². The van der Waals surface area contributed by atoms with E-state index in [1.807, 2.05) is 12.1 Å². The number of H-pyrrole nitrogens is 1. The third-order valence-electron chi connectivity index (χ3n) is 2.35. The number of hydrogen-bond donors (Lipinski definition) is 2. The second-order valence-corrected chi connectivity index (χ2v) is 6.30. The van der Waals surface area contributed by atoms with E-state index in [0.29, 0.717) is 6.54 Å². The minimum atomic E-state index is -0.0814. The average molecular weight is 341 g/mol. The first kappa shape index (κ1) is 14.0. The van der Waals surface area contributed by atoms with Gasteiger partial charge in [0.1, 0.15) is 12.2 Å². The van der Waals surface area contributed by atoms with Crippen LogP contribution >= 0.6 is 27.3 Å². The molecule has 19 heavy (non-hydrogen) atoms. The fraction of sp³-hybridized carbons (Fsp3) is 0.250. The van der Waals surface area contributed by atoms with Crippen LogP contribution in [0.2, 0.25) is 0 Å². The molecule has 0 aliphatic heterocycles.